The van der Waals surface area contributed by atoms with Gasteiger partial charge < -0.3 is 4.74 Å². The number of rotatable bonds is 13. The van der Waals surface area contributed by atoms with Gasteiger partial charge >= 0.3 is 112 Å². The molecular formula is C19H35I2N3O4Pt. The van der Waals surface area contributed by atoms with Gasteiger partial charge in [0.15, 0.2) is 0 Å². The van der Waals surface area contributed by atoms with Crippen molar-refractivity contribution in [3.63, 3.8) is 0 Å². The van der Waals surface area contributed by atoms with Gasteiger partial charge in [-0.2, -0.15) is 1.33 Å². The van der Waals surface area contributed by atoms with E-state index in [1.54, 1.807) is 7.11 Å². The van der Waals surface area contributed by atoms with Gasteiger partial charge in [0.2, 0.25) is 0 Å². The van der Waals surface area contributed by atoms with Gasteiger partial charge in [0.1, 0.15) is 0 Å². The molecule has 0 amide bonds. The summed E-state index contributed by atoms with van der Waals surface area (Å²) in [6, 6.07) is 0.861. The molecule has 1 aliphatic carbocycles. The van der Waals surface area contributed by atoms with Crippen LogP contribution in [0, 0.1) is 3.80 Å². The van der Waals surface area contributed by atoms with Crippen LogP contribution in [-0.4, -0.2) is 69.9 Å². The zero-order valence-corrected chi connectivity index (χ0v) is 24.1. The summed E-state index contributed by atoms with van der Waals surface area (Å²) in [5.74, 6) is 0. The molecule has 0 aliphatic heterocycles. The third-order valence-corrected chi connectivity index (χ3v) is 7.49. The Hall–Kier alpha value is 1.16. The maximum Gasteiger partial charge on any atom is 0.0311 e. The summed E-state index contributed by atoms with van der Waals surface area (Å²) in [4.78, 5) is 0. The summed E-state index contributed by atoms with van der Waals surface area (Å²) in [6.07, 6.45) is 11.2. The quantitative estimate of drug-likeness (QED) is 0.172. The Morgan fingerprint density at radius 3 is 1.93 bits per heavy atom. The summed E-state index contributed by atoms with van der Waals surface area (Å²) in [7, 11) is 3.69. The van der Waals surface area contributed by atoms with Crippen molar-refractivity contribution in [3.05, 3.63) is 16.2 Å². The monoisotopic (exact) mass is 818 g/mol. The van der Waals surface area contributed by atoms with E-state index in [9.17, 15) is 0 Å². The zero-order chi connectivity index (χ0) is 21.3. The predicted molar refractivity (Wildman–Crippen MR) is 128 cm³/mol. The number of halogens is 2. The number of aromatic nitrogens is 2. The minimum atomic E-state index is 0.596. The van der Waals surface area contributed by atoms with E-state index in [1.165, 1.54) is 35.9 Å². The molecule has 0 radical (unpaired) electrons. The molecule has 0 saturated heterocycles. The van der Waals surface area contributed by atoms with E-state index in [0.717, 1.165) is 12.6 Å². The molecule has 174 valence electrons. The number of aryl methyl sites for hydroxylation is 1. The van der Waals surface area contributed by atoms with Crippen molar-refractivity contribution >= 4 is 45.7 Å². The molecule has 1 aromatic heterocycles. The minimum Gasteiger partial charge on any atom is -0.185 e. The van der Waals surface area contributed by atoms with E-state index < -0.39 is 0 Å². The Labute approximate surface area is 214 Å². The number of ether oxygens (including phenoxy) is 4. The van der Waals surface area contributed by atoms with E-state index in [0.29, 0.717) is 46.2 Å². The van der Waals surface area contributed by atoms with Crippen molar-refractivity contribution in [1.82, 2.24) is 10.5 Å². The third kappa shape index (κ3) is 14.0. The van der Waals surface area contributed by atoms with E-state index in [-0.39, 0.29) is 0 Å². The normalized spacial score (nSPS) is 14.9. The molecule has 0 aromatic carbocycles. The summed E-state index contributed by atoms with van der Waals surface area (Å²) >= 11 is 7.06. The summed E-state index contributed by atoms with van der Waals surface area (Å²) in [6.45, 7) is 5.20. The Kier molecular flexibility index (Phi) is 18.2. The number of methoxy groups -OCH3 is 1. The van der Waals surface area contributed by atoms with E-state index in [1.807, 2.05) is 13.2 Å². The topological polar surface area (TPSA) is 50.0 Å². The first-order valence-corrected chi connectivity index (χ1v) is 13.1. The van der Waals surface area contributed by atoms with Crippen LogP contribution in [0.4, 0.5) is 0 Å². The molecule has 0 atom stereocenters. The van der Waals surface area contributed by atoms with Crippen molar-refractivity contribution < 1.29 is 38.3 Å². The van der Waals surface area contributed by atoms with Crippen LogP contribution in [0.15, 0.2) is 12.4 Å². The second kappa shape index (κ2) is 18.7. The Morgan fingerprint density at radius 1 is 0.931 bits per heavy atom. The molecule has 29 heavy (non-hydrogen) atoms. The molecule has 0 spiro atoms. The van der Waals surface area contributed by atoms with Crippen LogP contribution < -0.4 is 0 Å². The summed E-state index contributed by atoms with van der Waals surface area (Å²) < 4.78 is 28.8. The molecule has 10 heteroatoms. The van der Waals surface area contributed by atoms with Gasteiger partial charge in [0.25, 0.3) is 0 Å². The van der Waals surface area contributed by atoms with E-state index >= 15 is 0 Å². The van der Waals surface area contributed by atoms with Gasteiger partial charge in [-0.1, -0.05) is 19.3 Å². The van der Waals surface area contributed by atoms with Crippen molar-refractivity contribution in [1.29, 1.82) is 0 Å². The first kappa shape index (κ1) is 28.2. The van der Waals surface area contributed by atoms with Gasteiger partial charge in [0, 0.05) is 58.9 Å². The Balaban J connectivity index is 0.000000387. The van der Waals surface area contributed by atoms with Crippen LogP contribution in [0.25, 0.3) is 0 Å². The SMILES string of the molecule is COCCOCCOCCOCCn1ccn(C)[c]1=[Pt].IN(I)C1CCCCC1. The van der Waals surface area contributed by atoms with E-state index in [4.69, 9.17) is 18.9 Å². The number of imidazole rings is 1. The number of hydrogen-bond donors (Lipinski definition) is 0. The largest absolute Gasteiger partial charge is 0.185 e. The predicted octanol–water partition coefficient (Wildman–Crippen LogP) is 3.92. The smallest absolute Gasteiger partial charge is 0.0311 e. The Bertz CT molecular complexity index is 566. The van der Waals surface area contributed by atoms with Crippen LogP contribution in [0.2, 0.25) is 0 Å². The molecular weight excluding hydrogens is 783 g/mol. The van der Waals surface area contributed by atoms with Gasteiger partial charge in [0.05, 0.1) is 6.61 Å². The van der Waals surface area contributed by atoms with Crippen LogP contribution in [0.5, 0.6) is 0 Å². The van der Waals surface area contributed by atoms with Crippen molar-refractivity contribution in [3.8, 4) is 0 Å². The second-order valence-electron chi connectivity index (χ2n) is 6.72. The summed E-state index contributed by atoms with van der Waals surface area (Å²) in [5, 5.41) is 0. The molecule has 0 unspecified atom stereocenters. The molecule has 7 nitrogen and oxygen atoms in total. The van der Waals surface area contributed by atoms with Crippen LogP contribution >= 0.6 is 45.7 Å². The van der Waals surface area contributed by atoms with Crippen molar-refractivity contribution in [2.75, 3.05) is 53.4 Å². The molecule has 2 rings (SSSR count). The average Bonchev–Trinajstić information content (AvgIpc) is 3.05. The molecule has 1 heterocycles. The molecule has 0 N–H and O–H groups in total. The van der Waals surface area contributed by atoms with Crippen molar-refractivity contribution in [2.24, 2.45) is 7.05 Å². The molecule has 1 aromatic rings. The fraction of sp³-hybridized carbons (Fsp3) is 0.842. The van der Waals surface area contributed by atoms with Crippen molar-refractivity contribution in [2.45, 2.75) is 44.7 Å². The van der Waals surface area contributed by atoms with E-state index in [2.05, 4.69) is 81.7 Å². The number of nitrogens with zero attached hydrogens (tertiary/aromatic N) is 3. The maximum atomic E-state index is 5.53. The standard InChI is InChI=1S/C13H24N2O4.C6H11I2N.Pt/c1-14-3-4-15(13-14)5-6-17-9-10-19-12-11-18-8-7-16-2;7-9(8)6-4-2-1-3-5-6;/h3-4H,5-12H2,1-2H3;6H,1-5H2;. The maximum absolute atomic E-state index is 5.53. The molecule has 1 saturated carbocycles. The Morgan fingerprint density at radius 2 is 1.48 bits per heavy atom. The van der Waals surface area contributed by atoms with Gasteiger partial charge in [-0.3, -0.25) is 0 Å². The fourth-order valence-electron chi connectivity index (χ4n) is 2.78. The second-order valence-corrected chi connectivity index (χ2v) is 11.7. The van der Waals surface area contributed by atoms with Gasteiger partial charge in [-0.25, -0.2) is 0 Å². The van der Waals surface area contributed by atoms with Crippen LogP contribution in [0.1, 0.15) is 32.1 Å². The molecule has 1 aliphatic rings. The summed E-state index contributed by atoms with van der Waals surface area (Å²) in [5.41, 5.74) is 0. The van der Waals surface area contributed by atoms with Crippen LogP contribution in [-0.2, 0) is 51.9 Å². The number of hydrogen-bond acceptors (Lipinski definition) is 5. The molecule has 1 fully saturated rings. The zero-order valence-electron chi connectivity index (χ0n) is 17.5. The first-order valence-electron chi connectivity index (χ1n) is 10.1. The van der Waals surface area contributed by atoms with Crippen LogP contribution in [0.3, 0.4) is 0 Å². The minimum absolute atomic E-state index is 0.596. The third-order valence-electron chi connectivity index (χ3n) is 4.46. The first-order chi connectivity index (χ1) is 14.1. The average molecular weight is 818 g/mol. The molecule has 0 bridgehead atoms. The fourth-order valence-corrected chi connectivity index (χ4v) is 4.49. The van der Waals surface area contributed by atoms with Gasteiger partial charge in [-0.05, 0) is 12.8 Å². The van der Waals surface area contributed by atoms with Gasteiger partial charge in [-0.15, -0.1) is 0 Å².